The van der Waals surface area contributed by atoms with Crippen molar-refractivity contribution < 1.29 is 14.2 Å². The first kappa shape index (κ1) is 28.2. The summed E-state index contributed by atoms with van der Waals surface area (Å²) in [5.74, 6) is 0.708. The summed E-state index contributed by atoms with van der Waals surface area (Å²) < 4.78 is 19.9. The molecule has 6 rings (SSSR count). The van der Waals surface area contributed by atoms with Crippen LogP contribution in [0, 0.1) is 0 Å². The summed E-state index contributed by atoms with van der Waals surface area (Å²) in [6.07, 6.45) is 10.1. The fraction of sp³-hybridized carbons (Fsp3) is 0.375. The predicted molar refractivity (Wildman–Crippen MR) is 163 cm³/mol. The highest BCUT2D eigenvalue weighted by atomic mass is 35.5. The molecule has 214 valence electrons. The van der Waals surface area contributed by atoms with Gasteiger partial charge in [0, 0.05) is 49.6 Å². The maximum atomic E-state index is 6.39. The molecule has 0 bridgehead atoms. The van der Waals surface area contributed by atoms with Gasteiger partial charge in [0.05, 0.1) is 34.5 Å². The third-order valence-electron chi connectivity index (χ3n) is 7.67. The van der Waals surface area contributed by atoms with E-state index in [9.17, 15) is 0 Å². The van der Waals surface area contributed by atoms with Crippen LogP contribution in [0.2, 0.25) is 10.0 Å². The quantitative estimate of drug-likeness (QED) is 0.210. The minimum atomic E-state index is -0.359. The molecule has 2 aliphatic rings. The van der Waals surface area contributed by atoms with E-state index in [1.807, 2.05) is 23.7 Å². The van der Waals surface area contributed by atoms with Crippen molar-refractivity contribution in [3.05, 3.63) is 87.3 Å². The lowest BCUT2D eigenvalue weighted by Gasteiger charge is -2.26. The third kappa shape index (κ3) is 6.60. The molecule has 2 fully saturated rings. The number of nitrogens with zero attached hydrogens (tertiary/aromatic N) is 4. The number of fused-ring (bicyclic) bond motifs is 1. The van der Waals surface area contributed by atoms with Crippen molar-refractivity contribution in [2.45, 2.75) is 45.1 Å². The van der Waals surface area contributed by atoms with Gasteiger partial charge in [-0.25, -0.2) is 4.68 Å². The Balaban J connectivity index is 1.27. The Morgan fingerprint density at radius 2 is 1.78 bits per heavy atom. The molecule has 9 heteroatoms. The SMILES string of the molecule is CC(Oc1ccc2c(c1)c(/C=C/c1ccc(CN3CCOCC3)cc1)nn2C1CCCCO1)c1c(Cl)cncc1Cl. The summed E-state index contributed by atoms with van der Waals surface area (Å²) >= 11 is 12.8. The van der Waals surface area contributed by atoms with Gasteiger partial charge in [-0.05, 0) is 61.6 Å². The number of pyridine rings is 1. The molecule has 2 atom stereocenters. The summed E-state index contributed by atoms with van der Waals surface area (Å²) in [6, 6.07) is 14.8. The second-order valence-electron chi connectivity index (χ2n) is 10.6. The van der Waals surface area contributed by atoms with E-state index < -0.39 is 0 Å². The van der Waals surface area contributed by atoms with Crippen LogP contribution in [0.25, 0.3) is 23.1 Å². The molecule has 2 aromatic carbocycles. The fourth-order valence-electron chi connectivity index (χ4n) is 5.48. The first-order chi connectivity index (χ1) is 20.0. The van der Waals surface area contributed by atoms with Crippen molar-refractivity contribution in [1.82, 2.24) is 19.7 Å². The van der Waals surface area contributed by atoms with E-state index >= 15 is 0 Å². The molecule has 4 aromatic rings. The van der Waals surface area contributed by atoms with Gasteiger partial charge in [0.25, 0.3) is 0 Å². The van der Waals surface area contributed by atoms with Crippen LogP contribution in [0.3, 0.4) is 0 Å². The predicted octanol–water partition coefficient (Wildman–Crippen LogP) is 7.58. The summed E-state index contributed by atoms with van der Waals surface area (Å²) in [7, 11) is 0. The monoisotopic (exact) mass is 592 g/mol. The standard InChI is InChI=1S/C32H34Cl2N4O3/c1-22(32-27(33)19-35-20-28(32)34)41-25-10-12-30-26(18-25)29(36-38(30)31-4-2-3-15-40-31)11-9-23-5-7-24(8-6-23)21-37-13-16-39-17-14-37/h5-12,18-20,22,31H,2-4,13-17,21H2,1H3/b11-9+. The van der Waals surface area contributed by atoms with Crippen molar-refractivity contribution in [1.29, 1.82) is 0 Å². The molecule has 0 aliphatic carbocycles. The Kier molecular flexibility index (Phi) is 8.89. The van der Waals surface area contributed by atoms with Crippen LogP contribution in [-0.4, -0.2) is 52.6 Å². The van der Waals surface area contributed by atoms with Gasteiger partial charge in [0.1, 0.15) is 11.9 Å². The van der Waals surface area contributed by atoms with Gasteiger partial charge in [-0.15, -0.1) is 0 Å². The molecule has 0 spiro atoms. The Morgan fingerprint density at radius 3 is 2.51 bits per heavy atom. The molecule has 2 aliphatic heterocycles. The van der Waals surface area contributed by atoms with Crippen LogP contribution >= 0.6 is 23.2 Å². The second kappa shape index (κ2) is 12.9. The van der Waals surface area contributed by atoms with Gasteiger partial charge in [-0.2, -0.15) is 5.10 Å². The number of benzene rings is 2. The molecule has 0 radical (unpaired) electrons. The number of ether oxygens (including phenoxy) is 3. The lowest BCUT2D eigenvalue weighted by molar-refractivity contribution is -0.0367. The average Bonchev–Trinajstić information content (AvgIpc) is 3.35. The second-order valence-corrected chi connectivity index (χ2v) is 11.4. The smallest absolute Gasteiger partial charge is 0.150 e. The number of morpholine rings is 1. The van der Waals surface area contributed by atoms with Crippen LogP contribution in [0.1, 0.15) is 60.9 Å². The summed E-state index contributed by atoms with van der Waals surface area (Å²) in [5.41, 5.74) is 5.02. The summed E-state index contributed by atoms with van der Waals surface area (Å²) in [6.45, 7) is 7.21. The van der Waals surface area contributed by atoms with E-state index in [1.165, 1.54) is 5.56 Å². The summed E-state index contributed by atoms with van der Waals surface area (Å²) in [4.78, 5) is 6.48. The van der Waals surface area contributed by atoms with Crippen LogP contribution in [0.4, 0.5) is 0 Å². The molecule has 2 unspecified atom stereocenters. The highest BCUT2D eigenvalue weighted by Gasteiger charge is 2.22. The third-order valence-corrected chi connectivity index (χ3v) is 8.27. The molecule has 41 heavy (non-hydrogen) atoms. The number of hydrogen-bond acceptors (Lipinski definition) is 6. The van der Waals surface area contributed by atoms with E-state index in [2.05, 4.69) is 52.4 Å². The Morgan fingerprint density at radius 1 is 1.00 bits per heavy atom. The lowest BCUT2D eigenvalue weighted by atomic mass is 10.1. The molecule has 2 aromatic heterocycles. The maximum Gasteiger partial charge on any atom is 0.150 e. The lowest BCUT2D eigenvalue weighted by Crippen LogP contribution is -2.35. The van der Waals surface area contributed by atoms with Crippen LogP contribution < -0.4 is 4.74 Å². The number of halogens is 2. The maximum absolute atomic E-state index is 6.39. The zero-order valence-corrected chi connectivity index (χ0v) is 24.7. The van der Waals surface area contributed by atoms with Gasteiger partial charge in [0.2, 0.25) is 0 Å². The van der Waals surface area contributed by atoms with Crippen molar-refractivity contribution in [3.8, 4) is 5.75 Å². The average molecular weight is 594 g/mol. The van der Waals surface area contributed by atoms with Crippen LogP contribution in [0.15, 0.2) is 54.9 Å². The van der Waals surface area contributed by atoms with Crippen molar-refractivity contribution in [2.75, 3.05) is 32.9 Å². The topological polar surface area (TPSA) is 61.6 Å². The highest BCUT2D eigenvalue weighted by Crippen LogP contribution is 2.35. The zero-order valence-electron chi connectivity index (χ0n) is 23.1. The largest absolute Gasteiger partial charge is 0.486 e. The summed E-state index contributed by atoms with van der Waals surface area (Å²) in [5, 5.41) is 6.97. The Hall–Kier alpha value is -2.94. The molecule has 2 saturated heterocycles. The Bertz CT molecular complexity index is 1490. The van der Waals surface area contributed by atoms with E-state index in [1.54, 1.807) is 12.4 Å². The fourth-order valence-corrected chi connectivity index (χ4v) is 6.15. The van der Waals surface area contributed by atoms with Crippen LogP contribution in [0.5, 0.6) is 5.75 Å². The van der Waals surface area contributed by atoms with Gasteiger partial charge in [0.15, 0.2) is 6.23 Å². The van der Waals surface area contributed by atoms with Gasteiger partial charge >= 0.3 is 0 Å². The van der Waals surface area contributed by atoms with Gasteiger partial charge in [-0.3, -0.25) is 9.88 Å². The van der Waals surface area contributed by atoms with E-state index in [4.69, 9.17) is 42.5 Å². The molecular formula is C32H34Cl2N4O3. The number of hydrogen-bond donors (Lipinski definition) is 0. The van der Waals surface area contributed by atoms with Crippen LogP contribution in [-0.2, 0) is 16.0 Å². The molecule has 0 amide bonds. The van der Waals surface area contributed by atoms with Crippen molar-refractivity contribution in [3.63, 3.8) is 0 Å². The normalized spacial score (nSPS) is 19.1. The number of aromatic nitrogens is 3. The first-order valence-corrected chi connectivity index (χ1v) is 15.0. The highest BCUT2D eigenvalue weighted by molar-refractivity contribution is 6.35. The molecule has 0 saturated carbocycles. The van der Waals surface area contributed by atoms with E-state index in [0.717, 1.165) is 80.9 Å². The molecule has 7 nitrogen and oxygen atoms in total. The van der Waals surface area contributed by atoms with E-state index in [-0.39, 0.29) is 12.3 Å². The van der Waals surface area contributed by atoms with Crippen molar-refractivity contribution >= 4 is 46.3 Å². The molecule has 4 heterocycles. The minimum absolute atomic E-state index is 0.0759. The van der Waals surface area contributed by atoms with E-state index in [0.29, 0.717) is 21.4 Å². The number of rotatable bonds is 8. The van der Waals surface area contributed by atoms with Gasteiger partial charge in [-0.1, -0.05) is 53.5 Å². The zero-order chi connectivity index (χ0) is 28.2. The van der Waals surface area contributed by atoms with Crippen molar-refractivity contribution in [2.24, 2.45) is 0 Å². The van der Waals surface area contributed by atoms with Gasteiger partial charge < -0.3 is 14.2 Å². The molecular weight excluding hydrogens is 559 g/mol. The Labute approximate surface area is 250 Å². The first-order valence-electron chi connectivity index (χ1n) is 14.2. The minimum Gasteiger partial charge on any atom is -0.486 e. The molecule has 0 N–H and O–H groups in total.